The zero-order valence-electron chi connectivity index (χ0n) is 12.6. The summed E-state index contributed by atoms with van der Waals surface area (Å²) in [6, 6.07) is 5.75. The standard InChI is InChI=1S/C17H23ClO3/c1-3-7-21-16-6-5-13(18)10-14(16)11(4-2)8-12-9-15(12)17(19)20/h5-6,10-12,15H,3-4,7-9H2,1-2H3,(H,19,20). The molecule has 0 heterocycles. The summed E-state index contributed by atoms with van der Waals surface area (Å²) in [7, 11) is 0. The van der Waals surface area contributed by atoms with Gasteiger partial charge in [0, 0.05) is 5.02 Å². The lowest BCUT2D eigenvalue weighted by molar-refractivity contribution is -0.138. The van der Waals surface area contributed by atoms with Crippen LogP contribution in [0.1, 0.15) is 51.0 Å². The van der Waals surface area contributed by atoms with Gasteiger partial charge in [0.05, 0.1) is 12.5 Å². The minimum absolute atomic E-state index is 0.154. The molecule has 1 aliphatic carbocycles. The van der Waals surface area contributed by atoms with Crippen molar-refractivity contribution in [3.05, 3.63) is 28.8 Å². The summed E-state index contributed by atoms with van der Waals surface area (Å²) >= 11 is 6.13. The monoisotopic (exact) mass is 310 g/mol. The van der Waals surface area contributed by atoms with E-state index in [2.05, 4.69) is 13.8 Å². The van der Waals surface area contributed by atoms with Crippen LogP contribution in [-0.4, -0.2) is 17.7 Å². The van der Waals surface area contributed by atoms with Gasteiger partial charge in [-0.1, -0.05) is 25.4 Å². The fourth-order valence-corrected chi connectivity index (χ4v) is 3.05. The first kappa shape index (κ1) is 16.2. The number of hydrogen-bond donors (Lipinski definition) is 1. The molecule has 2 rings (SSSR count). The minimum atomic E-state index is -0.664. The van der Waals surface area contributed by atoms with Crippen LogP contribution in [-0.2, 0) is 4.79 Å². The molecule has 3 unspecified atom stereocenters. The Morgan fingerprint density at radius 2 is 2.24 bits per heavy atom. The molecule has 116 valence electrons. The van der Waals surface area contributed by atoms with Crippen LogP contribution in [0.3, 0.4) is 0 Å². The van der Waals surface area contributed by atoms with Crippen molar-refractivity contribution in [3.8, 4) is 5.75 Å². The second kappa shape index (κ2) is 7.17. The molecule has 1 aliphatic rings. The number of ether oxygens (including phenoxy) is 1. The van der Waals surface area contributed by atoms with Crippen LogP contribution in [0.5, 0.6) is 5.75 Å². The summed E-state index contributed by atoms with van der Waals surface area (Å²) in [6.45, 7) is 4.90. The highest BCUT2D eigenvalue weighted by Gasteiger charge is 2.44. The molecule has 1 N–H and O–H groups in total. The van der Waals surface area contributed by atoms with E-state index >= 15 is 0 Å². The molecule has 3 nitrogen and oxygen atoms in total. The van der Waals surface area contributed by atoms with Crippen molar-refractivity contribution >= 4 is 17.6 Å². The van der Waals surface area contributed by atoms with Crippen molar-refractivity contribution in [1.82, 2.24) is 0 Å². The van der Waals surface area contributed by atoms with Gasteiger partial charge < -0.3 is 9.84 Å². The molecule has 0 aromatic heterocycles. The number of halogens is 1. The van der Waals surface area contributed by atoms with E-state index in [0.717, 1.165) is 37.0 Å². The zero-order valence-corrected chi connectivity index (χ0v) is 13.4. The van der Waals surface area contributed by atoms with E-state index in [1.807, 2.05) is 18.2 Å². The van der Waals surface area contributed by atoms with Crippen LogP contribution < -0.4 is 4.74 Å². The van der Waals surface area contributed by atoms with Gasteiger partial charge in [0.1, 0.15) is 5.75 Å². The van der Waals surface area contributed by atoms with Crippen LogP contribution in [0.4, 0.5) is 0 Å². The van der Waals surface area contributed by atoms with Gasteiger partial charge in [-0.15, -0.1) is 0 Å². The van der Waals surface area contributed by atoms with Crippen molar-refractivity contribution < 1.29 is 14.6 Å². The second-order valence-electron chi connectivity index (χ2n) is 5.81. The Bertz CT molecular complexity index is 501. The Morgan fingerprint density at radius 3 is 2.81 bits per heavy atom. The molecule has 1 saturated carbocycles. The Balaban J connectivity index is 2.12. The molecule has 1 fully saturated rings. The summed E-state index contributed by atoms with van der Waals surface area (Å²) in [5.41, 5.74) is 1.12. The van der Waals surface area contributed by atoms with Gasteiger partial charge in [0.2, 0.25) is 0 Å². The molecule has 21 heavy (non-hydrogen) atoms. The molecule has 0 bridgehead atoms. The highest BCUT2D eigenvalue weighted by molar-refractivity contribution is 6.30. The summed E-state index contributed by atoms with van der Waals surface area (Å²) in [6.07, 6.45) is 3.63. The lowest BCUT2D eigenvalue weighted by atomic mass is 9.90. The Hall–Kier alpha value is -1.22. The van der Waals surface area contributed by atoms with E-state index < -0.39 is 5.97 Å². The van der Waals surface area contributed by atoms with Crippen molar-refractivity contribution in [2.24, 2.45) is 11.8 Å². The van der Waals surface area contributed by atoms with Crippen LogP contribution in [0.15, 0.2) is 18.2 Å². The minimum Gasteiger partial charge on any atom is -0.493 e. The number of benzene rings is 1. The van der Waals surface area contributed by atoms with Crippen molar-refractivity contribution in [2.75, 3.05) is 6.61 Å². The van der Waals surface area contributed by atoms with E-state index in [0.29, 0.717) is 23.5 Å². The number of carboxylic acids is 1. The molecule has 1 aromatic rings. The fraction of sp³-hybridized carbons (Fsp3) is 0.588. The van der Waals surface area contributed by atoms with Crippen LogP contribution in [0.25, 0.3) is 0 Å². The fourth-order valence-electron chi connectivity index (χ4n) is 2.87. The first-order valence-corrected chi connectivity index (χ1v) is 8.09. The maximum Gasteiger partial charge on any atom is 0.306 e. The topological polar surface area (TPSA) is 46.5 Å². The highest BCUT2D eigenvalue weighted by Crippen LogP contribution is 2.47. The SMILES string of the molecule is CCCOc1ccc(Cl)cc1C(CC)CC1CC1C(=O)O. The summed E-state index contributed by atoms with van der Waals surface area (Å²) in [5, 5.41) is 9.76. The van der Waals surface area contributed by atoms with E-state index in [4.69, 9.17) is 21.4 Å². The number of hydrogen-bond acceptors (Lipinski definition) is 2. The van der Waals surface area contributed by atoms with E-state index in [1.54, 1.807) is 0 Å². The molecule has 3 atom stereocenters. The maximum atomic E-state index is 11.0. The van der Waals surface area contributed by atoms with Gasteiger partial charge in [-0.05, 0) is 61.3 Å². The molecule has 0 spiro atoms. The van der Waals surface area contributed by atoms with E-state index in [9.17, 15) is 4.79 Å². The Kier molecular flexibility index (Phi) is 5.51. The predicted octanol–water partition coefficient (Wildman–Crippen LogP) is 4.73. The third-order valence-electron chi connectivity index (χ3n) is 4.19. The first-order chi connectivity index (χ1) is 10.1. The number of carboxylic acid groups (broad SMARTS) is 1. The molecule has 0 amide bonds. The lowest BCUT2D eigenvalue weighted by Gasteiger charge is -2.19. The highest BCUT2D eigenvalue weighted by atomic mass is 35.5. The molecular formula is C17H23ClO3. The third-order valence-corrected chi connectivity index (χ3v) is 4.43. The molecule has 0 aliphatic heterocycles. The number of aliphatic carboxylic acids is 1. The smallest absolute Gasteiger partial charge is 0.306 e. The number of carbonyl (C=O) groups is 1. The molecule has 0 radical (unpaired) electrons. The normalized spacial score (nSPS) is 21.9. The molecule has 1 aromatic carbocycles. The average molecular weight is 311 g/mol. The van der Waals surface area contributed by atoms with E-state index in [1.165, 1.54) is 0 Å². The quantitative estimate of drug-likeness (QED) is 0.754. The average Bonchev–Trinajstić information content (AvgIpc) is 3.23. The van der Waals surface area contributed by atoms with Crippen LogP contribution in [0.2, 0.25) is 5.02 Å². The van der Waals surface area contributed by atoms with Gasteiger partial charge in [0.15, 0.2) is 0 Å². The number of rotatable bonds is 8. The summed E-state index contributed by atoms with van der Waals surface area (Å²) < 4.78 is 5.83. The lowest BCUT2D eigenvalue weighted by Crippen LogP contribution is -2.06. The van der Waals surface area contributed by atoms with Crippen molar-refractivity contribution in [2.45, 2.75) is 45.4 Å². The second-order valence-corrected chi connectivity index (χ2v) is 6.25. The van der Waals surface area contributed by atoms with Crippen molar-refractivity contribution in [1.29, 1.82) is 0 Å². The molecule has 4 heteroatoms. The van der Waals surface area contributed by atoms with Crippen LogP contribution >= 0.6 is 11.6 Å². The predicted molar refractivity (Wildman–Crippen MR) is 84.1 cm³/mol. The van der Waals surface area contributed by atoms with Gasteiger partial charge in [-0.25, -0.2) is 0 Å². The summed E-state index contributed by atoms with van der Waals surface area (Å²) in [4.78, 5) is 11.0. The Morgan fingerprint density at radius 1 is 1.48 bits per heavy atom. The molecular weight excluding hydrogens is 288 g/mol. The van der Waals surface area contributed by atoms with Crippen molar-refractivity contribution in [3.63, 3.8) is 0 Å². The van der Waals surface area contributed by atoms with Gasteiger partial charge >= 0.3 is 5.97 Å². The zero-order chi connectivity index (χ0) is 15.4. The van der Waals surface area contributed by atoms with Gasteiger partial charge in [0.25, 0.3) is 0 Å². The van der Waals surface area contributed by atoms with E-state index in [-0.39, 0.29) is 5.92 Å². The third kappa shape index (κ3) is 4.13. The maximum absolute atomic E-state index is 11.0. The Labute approximate surface area is 131 Å². The molecule has 0 saturated heterocycles. The van der Waals surface area contributed by atoms with Gasteiger partial charge in [-0.2, -0.15) is 0 Å². The van der Waals surface area contributed by atoms with Crippen LogP contribution in [0, 0.1) is 11.8 Å². The van der Waals surface area contributed by atoms with Gasteiger partial charge in [-0.3, -0.25) is 4.79 Å². The first-order valence-electron chi connectivity index (χ1n) is 7.71. The summed E-state index contributed by atoms with van der Waals surface area (Å²) in [5.74, 6) is 0.678. The largest absolute Gasteiger partial charge is 0.493 e.